The molecule has 0 radical (unpaired) electrons. The van der Waals surface area contributed by atoms with Gasteiger partial charge in [0, 0.05) is 11.1 Å². The summed E-state index contributed by atoms with van der Waals surface area (Å²) in [4.78, 5) is 13.2. The summed E-state index contributed by atoms with van der Waals surface area (Å²) in [7, 11) is 0. The van der Waals surface area contributed by atoms with Crippen LogP contribution in [0.25, 0.3) is 22.3 Å². The van der Waals surface area contributed by atoms with Gasteiger partial charge < -0.3 is 9.73 Å². The number of hydrogen-bond acceptors (Lipinski definition) is 4. The molecule has 0 amide bonds. The van der Waals surface area contributed by atoms with Gasteiger partial charge in [0.15, 0.2) is 17.1 Å². The molecule has 0 bridgehead atoms. The van der Waals surface area contributed by atoms with Crippen LogP contribution in [0.5, 0.6) is 0 Å². The zero-order chi connectivity index (χ0) is 23.9. The Balaban J connectivity index is 1.92. The van der Waals surface area contributed by atoms with Gasteiger partial charge >= 0.3 is 0 Å². The molecule has 4 aromatic rings. The Morgan fingerprint density at radius 1 is 1.03 bits per heavy atom. The molecule has 0 fully saturated rings. The monoisotopic (exact) mass is 448 g/mol. The van der Waals surface area contributed by atoms with E-state index in [1.54, 1.807) is 44.2 Å². The summed E-state index contributed by atoms with van der Waals surface area (Å²) < 4.78 is 48.2. The van der Waals surface area contributed by atoms with Gasteiger partial charge in [-0.3, -0.25) is 4.79 Å². The molecule has 166 valence electrons. The maximum Gasteiger partial charge on any atom is 0.196 e. The van der Waals surface area contributed by atoms with Crippen molar-refractivity contribution in [2.45, 2.75) is 26.8 Å². The second kappa shape index (κ2) is 8.47. The third-order valence-electron chi connectivity index (χ3n) is 5.56. The van der Waals surface area contributed by atoms with E-state index in [1.165, 1.54) is 18.2 Å². The molecule has 1 heterocycles. The summed E-state index contributed by atoms with van der Waals surface area (Å²) in [5.74, 6) is -2.77. The van der Waals surface area contributed by atoms with Gasteiger partial charge in [-0.05, 0) is 56.7 Å². The number of hydrogen-bond donors (Lipinski definition) is 1. The van der Waals surface area contributed by atoms with Crippen molar-refractivity contribution in [3.8, 4) is 17.4 Å². The Morgan fingerprint density at radius 3 is 2.45 bits per heavy atom. The molecule has 1 atom stereocenters. The summed E-state index contributed by atoms with van der Waals surface area (Å²) >= 11 is 0. The molecule has 0 saturated carbocycles. The van der Waals surface area contributed by atoms with E-state index in [1.807, 2.05) is 6.92 Å². The Bertz CT molecular complexity index is 1500. The van der Waals surface area contributed by atoms with Gasteiger partial charge in [-0.1, -0.05) is 18.2 Å². The zero-order valence-electron chi connectivity index (χ0n) is 18.1. The lowest BCUT2D eigenvalue weighted by atomic mass is 9.98. The smallest absolute Gasteiger partial charge is 0.196 e. The summed E-state index contributed by atoms with van der Waals surface area (Å²) in [6.07, 6.45) is 0. The van der Waals surface area contributed by atoms with Crippen LogP contribution in [-0.4, -0.2) is 0 Å². The average molecular weight is 448 g/mol. The molecule has 1 unspecified atom stereocenters. The van der Waals surface area contributed by atoms with Crippen molar-refractivity contribution >= 4 is 16.7 Å². The number of nitrogens with one attached hydrogen (secondary N) is 1. The van der Waals surface area contributed by atoms with E-state index in [0.717, 1.165) is 11.6 Å². The van der Waals surface area contributed by atoms with Crippen molar-refractivity contribution in [1.82, 2.24) is 0 Å². The Hall–Kier alpha value is -4.05. The van der Waals surface area contributed by atoms with Gasteiger partial charge in [-0.15, -0.1) is 0 Å². The summed E-state index contributed by atoms with van der Waals surface area (Å²) in [6, 6.07) is 12.8. The molecule has 4 nitrogen and oxygen atoms in total. The van der Waals surface area contributed by atoms with Crippen molar-refractivity contribution in [3.63, 3.8) is 0 Å². The largest absolute Gasteiger partial charge is 0.455 e. The first-order chi connectivity index (χ1) is 15.7. The number of fused-ring (bicyclic) bond motifs is 1. The molecular weight excluding hydrogens is 429 g/mol. The quantitative estimate of drug-likeness (QED) is 0.385. The minimum Gasteiger partial charge on any atom is -0.455 e. The molecule has 1 aromatic heterocycles. The van der Waals surface area contributed by atoms with Gasteiger partial charge in [0.05, 0.1) is 22.7 Å². The van der Waals surface area contributed by atoms with Crippen molar-refractivity contribution in [1.29, 1.82) is 5.26 Å². The average Bonchev–Trinajstić information content (AvgIpc) is 2.79. The van der Waals surface area contributed by atoms with Crippen LogP contribution in [-0.2, 0) is 0 Å². The second-order valence-corrected chi connectivity index (χ2v) is 7.86. The number of benzene rings is 3. The van der Waals surface area contributed by atoms with Crippen LogP contribution in [0.2, 0.25) is 0 Å². The highest BCUT2D eigenvalue weighted by molar-refractivity contribution is 5.84. The topological polar surface area (TPSA) is 66.0 Å². The molecule has 0 aliphatic heterocycles. The molecule has 33 heavy (non-hydrogen) atoms. The SMILES string of the molecule is Cc1cc(C(C)Nc2ccc(F)c(F)c2C#N)c2oc(-c3ccccc3F)c(C)c(=O)c2c1. The summed E-state index contributed by atoms with van der Waals surface area (Å²) in [5.41, 5.74) is 1.36. The van der Waals surface area contributed by atoms with Gasteiger partial charge in [0.25, 0.3) is 0 Å². The highest BCUT2D eigenvalue weighted by Crippen LogP contribution is 2.33. The Morgan fingerprint density at radius 2 is 1.76 bits per heavy atom. The molecule has 3 aromatic carbocycles. The standard InChI is InChI=1S/C26H19F3N2O2/c1-13-10-17(15(3)31-22-9-8-21(28)23(29)19(22)12-30)26-18(11-13)24(32)14(2)25(33-26)16-6-4-5-7-20(16)27/h4-11,15,31H,1-3H3. The van der Waals surface area contributed by atoms with Crippen LogP contribution in [0.15, 0.2) is 57.7 Å². The van der Waals surface area contributed by atoms with Crippen LogP contribution >= 0.6 is 0 Å². The molecule has 0 aliphatic carbocycles. The third-order valence-corrected chi connectivity index (χ3v) is 5.56. The third kappa shape index (κ3) is 3.85. The molecule has 7 heteroatoms. The number of rotatable bonds is 4. The summed E-state index contributed by atoms with van der Waals surface area (Å²) in [5, 5.41) is 12.6. The number of aryl methyl sites for hydroxylation is 1. The molecule has 0 aliphatic rings. The lowest BCUT2D eigenvalue weighted by Crippen LogP contribution is -2.13. The van der Waals surface area contributed by atoms with Gasteiger partial charge in [-0.2, -0.15) is 5.26 Å². The molecule has 1 N–H and O–H groups in total. The first kappa shape index (κ1) is 22.2. The van der Waals surface area contributed by atoms with Crippen molar-refractivity contribution in [3.05, 3.63) is 98.5 Å². The minimum absolute atomic E-state index is 0.0994. The van der Waals surface area contributed by atoms with Gasteiger partial charge in [0.2, 0.25) is 0 Å². The maximum atomic E-state index is 14.5. The van der Waals surface area contributed by atoms with E-state index in [0.29, 0.717) is 10.9 Å². The van der Waals surface area contributed by atoms with E-state index in [9.17, 15) is 23.2 Å². The lowest BCUT2D eigenvalue weighted by molar-refractivity contribution is 0.506. The maximum absolute atomic E-state index is 14.5. The minimum atomic E-state index is -1.24. The predicted octanol–water partition coefficient (Wildman–Crippen LogP) is 6.54. The highest BCUT2D eigenvalue weighted by Gasteiger charge is 2.21. The predicted molar refractivity (Wildman–Crippen MR) is 120 cm³/mol. The first-order valence-electron chi connectivity index (χ1n) is 10.2. The molecule has 4 rings (SSSR count). The van der Waals surface area contributed by atoms with Crippen molar-refractivity contribution < 1.29 is 17.6 Å². The van der Waals surface area contributed by atoms with Crippen LogP contribution in [0.4, 0.5) is 18.9 Å². The number of nitriles is 1. The Kier molecular flexibility index (Phi) is 5.69. The molecule has 0 spiro atoms. The summed E-state index contributed by atoms with van der Waals surface area (Å²) in [6.45, 7) is 5.13. The lowest BCUT2D eigenvalue weighted by Gasteiger charge is -2.19. The van der Waals surface area contributed by atoms with E-state index in [-0.39, 0.29) is 33.6 Å². The van der Waals surface area contributed by atoms with Crippen molar-refractivity contribution in [2.75, 3.05) is 5.32 Å². The number of halogens is 3. The first-order valence-corrected chi connectivity index (χ1v) is 10.2. The number of nitrogens with zero attached hydrogens (tertiary/aromatic N) is 1. The van der Waals surface area contributed by atoms with Crippen LogP contribution in [0.1, 0.15) is 35.2 Å². The fraction of sp³-hybridized carbons (Fsp3) is 0.154. The zero-order valence-corrected chi connectivity index (χ0v) is 18.1. The van der Waals surface area contributed by atoms with Gasteiger partial charge in [0.1, 0.15) is 28.8 Å². The van der Waals surface area contributed by atoms with Crippen LogP contribution in [0.3, 0.4) is 0 Å². The van der Waals surface area contributed by atoms with Crippen LogP contribution in [0, 0.1) is 42.6 Å². The highest BCUT2D eigenvalue weighted by atomic mass is 19.2. The van der Waals surface area contributed by atoms with Crippen LogP contribution < -0.4 is 10.7 Å². The van der Waals surface area contributed by atoms with E-state index in [2.05, 4.69) is 5.32 Å². The molecule has 0 saturated heterocycles. The number of anilines is 1. The normalized spacial score (nSPS) is 11.9. The fourth-order valence-corrected chi connectivity index (χ4v) is 3.88. The Labute approximate surface area is 187 Å². The van der Waals surface area contributed by atoms with Crippen molar-refractivity contribution in [2.24, 2.45) is 0 Å². The fourth-order valence-electron chi connectivity index (χ4n) is 3.88. The second-order valence-electron chi connectivity index (χ2n) is 7.86. The van der Waals surface area contributed by atoms with E-state index >= 15 is 0 Å². The van der Waals surface area contributed by atoms with Gasteiger partial charge in [-0.25, -0.2) is 13.2 Å². The van der Waals surface area contributed by atoms with E-state index in [4.69, 9.17) is 4.42 Å². The molecular formula is C26H19F3N2O2. The van der Waals surface area contributed by atoms with E-state index < -0.39 is 29.1 Å².